The molecule has 29 atom stereocenters. The largest absolute Gasteiger partial charge is 0.394 e. The number of carbonyl (C=O) groups is 3. The van der Waals surface area contributed by atoms with Crippen molar-refractivity contribution in [2.24, 2.45) is 0 Å². The molecule has 6 fully saturated rings. The predicted octanol–water partition coefficient (Wildman–Crippen LogP) is -12.0. The van der Waals surface area contributed by atoms with Crippen molar-refractivity contribution in [3.8, 4) is 0 Å². The van der Waals surface area contributed by atoms with Crippen molar-refractivity contribution < 1.29 is 143 Å². The van der Waals surface area contributed by atoms with Crippen LogP contribution in [0.4, 0.5) is 0 Å². The molecule has 0 aromatic carbocycles. The van der Waals surface area contributed by atoms with Gasteiger partial charge < -0.3 is 145 Å². The molecule has 6 heterocycles. The third kappa shape index (κ3) is 13.6. The van der Waals surface area contributed by atoms with Gasteiger partial charge in [-0.1, -0.05) is 0 Å². The number of nitrogens with one attached hydrogen (secondary N) is 3. The lowest BCUT2D eigenvalue weighted by molar-refractivity contribution is -0.378. The van der Waals surface area contributed by atoms with Crippen molar-refractivity contribution in [3.05, 3.63) is 0 Å². The van der Waals surface area contributed by atoms with E-state index in [-0.39, 0.29) is 6.61 Å². The minimum absolute atomic E-state index is 0.327. The Labute approximate surface area is 421 Å². The number of hydrogen-bond donors (Lipinski definition) is 18. The molecular formula is C42H71N3O29. The van der Waals surface area contributed by atoms with E-state index in [1.807, 2.05) is 0 Å². The second-order valence-electron chi connectivity index (χ2n) is 18.9. The maximum atomic E-state index is 12.7. The van der Waals surface area contributed by atoms with Crippen LogP contribution in [0.5, 0.6) is 0 Å². The second kappa shape index (κ2) is 26.3. The van der Waals surface area contributed by atoms with Crippen LogP contribution in [0.15, 0.2) is 0 Å². The number of amides is 3. The minimum Gasteiger partial charge on any atom is -0.394 e. The summed E-state index contributed by atoms with van der Waals surface area (Å²) in [5.74, 6) is -2.15. The highest BCUT2D eigenvalue weighted by atomic mass is 16.8. The zero-order chi connectivity index (χ0) is 54.6. The number of carbonyl (C=O) groups excluding carboxylic acids is 3. The molecule has 0 aromatic rings. The Morgan fingerprint density at radius 1 is 0.419 bits per heavy atom. The molecule has 6 aliphatic heterocycles. The van der Waals surface area contributed by atoms with Crippen LogP contribution in [0.1, 0.15) is 27.7 Å². The van der Waals surface area contributed by atoms with Gasteiger partial charge in [-0.2, -0.15) is 0 Å². The lowest BCUT2D eigenvalue weighted by Gasteiger charge is -2.50. The standard InChI is InChI=1S/C42H71N3O29/c1-11-23(52)29(58)32(61)40(67-11)65-9-19-36(24(53)15(8-64-19)43-12(2)49)72-39-22(45-14(4)51)28(57)35(18(7-48)70-39)74-42-34(63)31(60)37(73-38-21(44-13(3)50)27(56)25(54)16(5-46)68-38)20(71-42)10-66-41-33(62)30(59)26(55)17(6-47)69-41/h11,15-42,46-48,52-63H,5-10H2,1-4H3,(H,43,49)(H,44,50)(H,45,51)/t11-,15-,16+,17+,18+,19+,20+,21+,22+,23+,24+,25+,26+,27+,28+,29+,30-,31+,32-,33-,34-,35+,36+,37+,38-,39-,40+,41+,42+/m0/s1. The Hall–Kier alpha value is -2.63. The summed E-state index contributed by atoms with van der Waals surface area (Å²) < 4.78 is 64.2. The molecule has 0 unspecified atom stereocenters. The summed E-state index contributed by atoms with van der Waals surface area (Å²) in [4.78, 5) is 37.0. The van der Waals surface area contributed by atoms with E-state index in [2.05, 4.69) is 16.0 Å². The SMILES string of the molecule is CC(=O)N[C@H]1[C@H](O[C@H]2[C@H](O)[C@@H](NC(C)=O)CO[C@@H]2CO[C@@H]2O[C@@H](C)[C@@H](O)[C@@H](O)[C@@H]2O)O[C@H](CO)[C@@H](O[C@H]2O[C@H](CO[C@@H]3O[C@H](CO)[C@@H](O)[C@H](O)[C@@H]3O)[C@@H](O[C@@H]3O[C@H](CO)[C@@H](O)[C@H](O)[C@H]3NC(C)=O)[C@H](O)[C@@H]2O)[C@@H]1O. The Bertz CT molecular complexity index is 1810. The molecule has 6 saturated heterocycles. The maximum Gasteiger partial charge on any atom is 0.217 e. The average Bonchev–Trinajstić information content (AvgIpc) is 3.35. The third-order valence-corrected chi connectivity index (χ3v) is 13.5. The summed E-state index contributed by atoms with van der Waals surface area (Å²) in [6, 6.07) is -4.46. The summed E-state index contributed by atoms with van der Waals surface area (Å²) in [5.41, 5.74) is 0. The summed E-state index contributed by atoms with van der Waals surface area (Å²) in [5, 5.41) is 169. The van der Waals surface area contributed by atoms with E-state index in [0.29, 0.717) is 0 Å². The highest BCUT2D eigenvalue weighted by Crippen LogP contribution is 2.35. The molecule has 0 spiro atoms. The van der Waals surface area contributed by atoms with Crippen LogP contribution < -0.4 is 16.0 Å². The Balaban J connectivity index is 1.26. The smallest absolute Gasteiger partial charge is 0.217 e. The molecule has 0 bridgehead atoms. The summed E-state index contributed by atoms with van der Waals surface area (Å²) in [7, 11) is 0. The summed E-state index contributed by atoms with van der Waals surface area (Å²) in [6.07, 6.45) is -45.6. The van der Waals surface area contributed by atoms with Gasteiger partial charge in [-0.05, 0) is 6.92 Å². The fourth-order valence-electron chi connectivity index (χ4n) is 9.42. The molecule has 32 heteroatoms. The van der Waals surface area contributed by atoms with Gasteiger partial charge in [0.05, 0.1) is 51.8 Å². The molecule has 428 valence electrons. The molecule has 74 heavy (non-hydrogen) atoms. The molecule has 0 aliphatic carbocycles. The van der Waals surface area contributed by atoms with E-state index < -0.39 is 229 Å². The van der Waals surface area contributed by atoms with Crippen LogP contribution in [0.25, 0.3) is 0 Å². The first-order valence-corrected chi connectivity index (χ1v) is 23.8. The van der Waals surface area contributed by atoms with Gasteiger partial charge in [0.1, 0.15) is 134 Å². The lowest BCUT2D eigenvalue weighted by atomic mass is 9.94. The molecule has 6 aliphatic rings. The highest BCUT2D eigenvalue weighted by Gasteiger charge is 2.56. The number of ether oxygens (including phenoxy) is 11. The molecule has 6 rings (SSSR count). The molecular weight excluding hydrogens is 1010 g/mol. The van der Waals surface area contributed by atoms with Crippen LogP contribution >= 0.6 is 0 Å². The fourth-order valence-corrected chi connectivity index (χ4v) is 9.42. The normalized spacial score (nSPS) is 48.1. The van der Waals surface area contributed by atoms with Gasteiger partial charge >= 0.3 is 0 Å². The van der Waals surface area contributed by atoms with Crippen LogP contribution in [0.3, 0.4) is 0 Å². The monoisotopic (exact) mass is 1080 g/mol. The van der Waals surface area contributed by atoms with Crippen LogP contribution in [-0.2, 0) is 66.5 Å². The van der Waals surface area contributed by atoms with Gasteiger partial charge in [0.2, 0.25) is 17.7 Å². The van der Waals surface area contributed by atoms with Crippen LogP contribution in [0.2, 0.25) is 0 Å². The van der Waals surface area contributed by atoms with Crippen LogP contribution in [-0.4, -0.2) is 312 Å². The zero-order valence-corrected chi connectivity index (χ0v) is 40.4. The van der Waals surface area contributed by atoms with E-state index in [9.17, 15) is 91.0 Å². The van der Waals surface area contributed by atoms with Gasteiger partial charge in [0, 0.05) is 20.8 Å². The quantitative estimate of drug-likeness (QED) is 0.0606. The van der Waals surface area contributed by atoms with E-state index >= 15 is 0 Å². The molecule has 0 radical (unpaired) electrons. The van der Waals surface area contributed by atoms with Crippen molar-refractivity contribution in [1.82, 2.24) is 16.0 Å². The number of aliphatic hydroxyl groups excluding tert-OH is 15. The van der Waals surface area contributed by atoms with Crippen molar-refractivity contribution in [2.75, 3.05) is 39.6 Å². The van der Waals surface area contributed by atoms with E-state index in [1.165, 1.54) is 6.92 Å². The first kappa shape index (κ1) is 60.6. The van der Waals surface area contributed by atoms with Gasteiger partial charge in [0.25, 0.3) is 0 Å². The summed E-state index contributed by atoms with van der Waals surface area (Å²) in [6.45, 7) is 0.141. The van der Waals surface area contributed by atoms with E-state index in [1.54, 1.807) is 0 Å². The maximum absolute atomic E-state index is 12.7. The fraction of sp³-hybridized carbons (Fsp3) is 0.929. The first-order valence-electron chi connectivity index (χ1n) is 23.8. The van der Waals surface area contributed by atoms with Crippen molar-refractivity contribution in [1.29, 1.82) is 0 Å². The van der Waals surface area contributed by atoms with Crippen molar-refractivity contribution >= 4 is 17.7 Å². The zero-order valence-electron chi connectivity index (χ0n) is 40.4. The molecule has 18 N–H and O–H groups in total. The van der Waals surface area contributed by atoms with Crippen LogP contribution in [0, 0.1) is 0 Å². The van der Waals surface area contributed by atoms with Gasteiger partial charge in [-0.25, -0.2) is 0 Å². The minimum atomic E-state index is -2.23. The Morgan fingerprint density at radius 3 is 1.36 bits per heavy atom. The van der Waals surface area contributed by atoms with E-state index in [0.717, 1.165) is 20.8 Å². The first-order chi connectivity index (χ1) is 34.9. The van der Waals surface area contributed by atoms with Crippen molar-refractivity contribution in [3.63, 3.8) is 0 Å². The number of rotatable bonds is 18. The average molecular weight is 1080 g/mol. The van der Waals surface area contributed by atoms with Gasteiger partial charge in [-0.3, -0.25) is 14.4 Å². The summed E-state index contributed by atoms with van der Waals surface area (Å²) >= 11 is 0. The van der Waals surface area contributed by atoms with E-state index in [4.69, 9.17) is 52.1 Å². The Morgan fingerprint density at radius 2 is 0.824 bits per heavy atom. The van der Waals surface area contributed by atoms with Gasteiger partial charge in [0.15, 0.2) is 31.5 Å². The molecule has 32 nitrogen and oxygen atoms in total. The highest BCUT2D eigenvalue weighted by molar-refractivity contribution is 5.74. The molecule has 0 saturated carbocycles. The van der Waals surface area contributed by atoms with Crippen molar-refractivity contribution in [2.45, 2.75) is 205 Å². The Kier molecular flexibility index (Phi) is 21.6. The predicted molar refractivity (Wildman–Crippen MR) is 231 cm³/mol. The number of aliphatic hydroxyl groups is 15. The molecule has 0 aromatic heterocycles. The third-order valence-electron chi connectivity index (χ3n) is 13.5. The molecule has 3 amide bonds. The van der Waals surface area contributed by atoms with Gasteiger partial charge in [-0.15, -0.1) is 0 Å². The lowest BCUT2D eigenvalue weighted by Crippen LogP contribution is -2.70. The number of hydrogen-bond acceptors (Lipinski definition) is 29. The topological polar surface area (TPSA) is 492 Å². The second-order valence-corrected chi connectivity index (χ2v) is 18.9.